The monoisotopic (exact) mass is 367 g/mol. The van der Waals surface area contributed by atoms with Crippen molar-refractivity contribution < 1.29 is 9.50 Å². The number of phenolic OH excluding ortho intramolecular Hbond substituents is 1. The summed E-state index contributed by atoms with van der Waals surface area (Å²) >= 11 is 0. The molecule has 0 bridgehead atoms. The number of likely N-dealkylation sites (tertiary alicyclic amines) is 1. The van der Waals surface area contributed by atoms with Crippen molar-refractivity contribution in [2.24, 2.45) is 0 Å². The molecule has 27 heavy (non-hydrogen) atoms. The number of rotatable bonds is 3. The van der Waals surface area contributed by atoms with E-state index < -0.39 is 6.17 Å². The van der Waals surface area contributed by atoms with Crippen LogP contribution in [0.2, 0.25) is 0 Å². The van der Waals surface area contributed by atoms with Gasteiger partial charge in [-0.1, -0.05) is 6.07 Å². The molecule has 0 amide bonds. The second-order valence-corrected chi connectivity index (χ2v) is 7.23. The highest BCUT2D eigenvalue weighted by atomic mass is 19.1. The van der Waals surface area contributed by atoms with Crippen molar-refractivity contribution in [3.8, 4) is 17.0 Å². The molecular formula is C20H22FN5O. The van der Waals surface area contributed by atoms with Crippen molar-refractivity contribution in [2.75, 3.05) is 25.5 Å². The lowest BCUT2D eigenvalue weighted by atomic mass is 10.0. The highest BCUT2D eigenvalue weighted by Gasteiger charge is 2.26. The molecule has 3 heterocycles. The minimum Gasteiger partial charge on any atom is -0.507 e. The lowest BCUT2D eigenvalue weighted by molar-refractivity contribution is 0.153. The van der Waals surface area contributed by atoms with E-state index in [1.54, 1.807) is 18.5 Å². The average Bonchev–Trinajstić information content (AvgIpc) is 2.62. The van der Waals surface area contributed by atoms with Gasteiger partial charge in [-0.25, -0.2) is 4.39 Å². The predicted molar refractivity (Wildman–Crippen MR) is 104 cm³/mol. The number of fused-ring (bicyclic) bond motifs is 1. The number of piperidine rings is 1. The van der Waals surface area contributed by atoms with Crippen LogP contribution >= 0.6 is 0 Å². The molecule has 1 saturated heterocycles. The second-order valence-electron chi connectivity index (χ2n) is 7.23. The number of hydrogen-bond donors (Lipinski definition) is 2. The van der Waals surface area contributed by atoms with Crippen molar-refractivity contribution in [1.82, 2.24) is 20.1 Å². The van der Waals surface area contributed by atoms with Gasteiger partial charge in [0.15, 0.2) is 5.82 Å². The van der Waals surface area contributed by atoms with Crippen LogP contribution < -0.4 is 5.32 Å². The summed E-state index contributed by atoms with van der Waals surface area (Å²) in [4.78, 5) is 6.18. The van der Waals surface area contributed by atoms with Gasteiger partial charge >= 0.3 is 0 Å². The van der Waals surface area contributed by atoms with Crippen LogP contribution in [0.3, 0.4) is 0 Å². The molecule has 3 aromatic rings. The second kappa shape index (κ2) is 7.08. The van der Waals surface area contributed by atoms with Crippen LogP contribution in [0.15, 0.2) is 36.7 Å². The van der Waals surface area contributed by atoms with E-state index in [-0.39, 0.29) is 11.8 Å². The number of nitrogens with zero attached hydrogens (tertiary/aromatic N) is 4. The molecule has 1 aliphatic heterocycles. The molecule has 6 nitrogen and oxygen atoms in total. The molecule has 0 aliphatic carbocycles. The fraction of sp³-hybridized carbons (Fsp3) is 0.350. The van der Waals surface area contributed by atoms with E-state index in [9.17, 15) is 9.50 Å². The van der Waals surface area contributed by atoms with Crippen molar-refractivity contribution in [2.45, 2.75) is 25.6 Å². The van der Waals surface area contributed by atoms with Crippen molar-refractivity contribution >= 4 is 16.6 Å². The van der Waals surface area contributed by atoms with Gasteiger partial charge in [-0.05, 0) is 37.7 Å². The Kier molecular flexibility index (Phi) is 4.61. The average molecular weight is 367 g/mol. The Labute approximate surface area is 157 Å². The molecule has 0 radical (unpaired) electrons. The van der Waals surface area contributed by atoms with Crippen LogP contribution in [0, 0.1) is 6.92 Å². The topological polar surface area (TPSA) is 74.2 Å². The zero-order valence-corrected chi connectivity index (χ0v) is 15.4. The van der Waals surface area contributed by atoms with Crippen molar-refractivity contribution in [1.29, 1.82) is 0 Å². The maximum absolute atomic E-state index is 13.9. The van der Waals surface area contributed by atoms with Gasteiger partial charge in [0.05, 0.1) is 0 Å². The third kappa shape index (κ3) is 3.55. The van der Waals surface area contributed by atoms with Crippen LogP contribution in [0.4, 0.5) is 10.2 Å². The maximum Gasteiger partial charge on any atom is 0.158 e. The molecule has 1 aliphatic rings. The molecule has 0 unspecified atom stereocenters. The van der Waals surface area contributed by atoms with E-state index in [2.05, 4.69) is 20.5 Å². The Bertz CT molecular complexity index is 970. The van der Waals surface area contributed by atoms with E-state index in [0.717, 1.165) is 22.9 Å². The lowest BCUT2D eigenvalue weighted by Gasteiger charge is -2.32. The Morgan fingerprint density at radius 2 is 2.04 bits per heavy atom. The van der Waals surface area contributed by atoms with Gasteiger partial charge in [0.2, 0.25) is 0 Å². The summed E-state index contributed by atoms with van der Waals surface area (Å²) in [5, 5.41) is 24.0. The molecule has 2 atom stereocenters. The molecule has 0 saturated carbocycles. The summed E-state index contributed by atoms with van der Waals surface area (Å²) in [7, 11) is 1.91. The summed E-state index contributed by atoms with van der Waals surface area (Å²) in [6.07, 6.45) is 2.99. The number of aryl methyl sites for hydroxylation is 1. The van der Waals surface area contributed by atoms with Crippen LogP contribution in [0.5, 0.6) is 5.75 Å². The van der Waals surface area contributed by atoms with Crippen molar-refractivity contribution in [3.05, 3.63) is 42.2 Å². The Morgan fingerprint density at radius 3 is 2.81 bits per heavy atom. The van der Waals surface area contributed by atoms with Gasteiger partial charge in [-0.15, -0.1) is 10.2 Å². The fourth-order valence-electron chi connectivity index (χ4n) is 3.69. The third-order valence-corrected chi connectivity index (χ3v) is 4.91. The third-order valence-electron chi connectivity index (χ3n) is 4.91. The van der Waals surface area contributed by atoms with Crippen LogP contribution in [-0.2, 0) is 0 Å². The summed E-state index contributed by atoms with van der Waals surface area (Å²) in [5.41, 5.74) is 2.19. The number of alkyl halides is 1. The fourth-order valence-corrected chi connectivity index (χ4v) is 3.69. The van der Waals surface area contributed by atoms with Gasteiger partial charge in [-0.3, -0.25) is 4.98 Å². The number of halogens is 1. The summed E-state index contributed by atoms with van der Waals surface area (Å²) < 4.78 is 13.9. The van der Waals surface area contributed by atoms with E-state index in [1.807, 2.05) is 37.1 Å². The number of likely N-dealkylation sites (N-methyl/N-ethyl adjacent to an activating group) is 1. The number of anilines is 1. The first kappa shape index (κ1) is 17.6. The Hall–Kier alpha value is -2.80. The van der Waals surface area contributed by atoms with Crippen molar-refractivity contribution in [3.63, 3.8) is 0 Å². The standard InChI is InChI=1S/C20H22FN5O/c1-12-3-4-16(18(27)7-12)19-15-5-6-22-9-17(15)20(25-24-19)23-14-8-13(21)10-26(2)11-14/h3-7,9,13-14,27H,8,10-11H2,1-2H3,(H,23,25)/t13-,14-/m0/s1. The van der Waals surface area contributed by atoms with Crippen LogP contribution in [0.1, 0.15) is 12.0 Å². The summed E-state index contributed by atoms with van der Waals surface area (Å²) in [6, 6.07) is 7.28. The lowest BCUT2D eigenvalue weighted by Crippen LogP contribution is -2.45. The number of hydrogen-bond acceptors (Lipinski definition) is 6. The number of benzene rings is 1. The van der Waals surface area contributed by atoms with Gasteiger partial charge in [-0.2, -0.15) is 0 Å². The van der Waals surface area contributed by atoms with Gasteiger partial charge in [0.1, 0.15) is 17.6 Å². The van der Waals surface area contributed by atoms with Gasteiger partial charge in [0.25, 0.3) is 0 Å². The Morgan fingerprint density at radius 1 is 1.19 bits per heavy atom. The zero-order chi connectivity index (χ0) is 19.0. The van der Waals surface area contributed by atoms with E-state index in [0.29, 0.717) is 30.0 Å². The largest absolute Gasteiger partial charge is 0.507 e. The van der Waals surface area contributed by atoms with E-state index >= 15 is 0 Å². The molecule has 0 spiro atoms. The minimum absolute atomic E-state index is 0.0462. The quantitative estimate of drug-likeness (QED) is 0.741. The molecule has 2 N–H and O–H groups in total. The highest BCUT2D eigenvalue weighted by Crippen LogP contribution is 2.35. The van der Waals surface area contributed by atoms with Gasteiger partial charge in [0, 0.05) is 54.3 Å². The number of pyridine rings is 1. The molecule has 7 heteroatoms. The Balaban J connectivity index is 1.74. The molecule has 1 aromatic carbocycles. The number of aromatic hydroxyl groups is 1. The predicted octanol–water partition coefficient (Wildman–Crippen LogP) is 3.16. The zero-order valence-electron chi connectivity index (χ0n) is 15.4. The molecule has 140 valence electrons. The number of phenols is 1. The van der Waals surface area contributed by atoms with E-state index in [1.165, 1.54) is 0 Å². The summed E-state index contributed by atoms with van der Waals surface area (Å²) in [5.74, 6) is 0.748. The van der Waals surface area contributed by atoms with Crippen LogP contribution in [-0.4, -0.2) is 57.5 Å². The van der Waals surface area contributed by atoms with Gasteiger partial charge < -0.3 is 15.3 Å². The SMILES string of the molecule is Cc1ccc(-c2nnc(N[C@H]3C[C@H](F)CN(C)C3)c3cnccc23)c(O)c1. The minimum atomic E-state index is -0.859. The number of nitrogens with one attached hydrogen (secondary N) is 1. The summed E-state index contributed by atoms with van der Waals surface area (Å²) in [6.45, 7) is 3.12. The molecule has 4 rings (SSSR count). The van der Waals surface area contributed by atoms with Crippen LogP contribution in [0.25, 0.3) is 22.0 Å². The molecule has 2 aromatic heterocycles. The first-order chi connectivity index (χ1) is 13.0. The first-order valence-electron chi connectivity index (χ1n) is 9.01. The number of aromatic nitrogens is 3. The normalized spacial score (nSPS) is 20.7. The molecular weight excluding hydrogens is 345 g/mol. The first-order valence-corrected chi connectivity index (χ1v) is 9.01. The van der Waals surface area contributed by atoms with E-state index in [4.69, 9.17) is 0 Å². The highest BCUT2D eigenvalue weighted by molar-refractivity contribution is 6.00. The maximum atomic E-state index is 13.9. The molecule has 1 fully saturated rings. The smallest absolute Gasteiger partial charge is 0.158 e.